The van der Waals surface area contributed by atoms with Crippen LogP contribution in [-0.4, -0.2) is 12.1 Å². The molecule has 2 heterocycles. The van der Waals surface area contributed by atoms with E-state index in [2.05, 4.69) is 55.1 Å². The minimum absolute atomic E-state index is 0.172. The molecule has 0 atom stereocenters. The quantitative estimate of drug-likeness (QED) is 0.197. The van der Waals surface area contributed by atoms with E-state index in [1.807, 2.05) is 12.1 Å². The standard InChI is InChI=1S/C21H11BrIN3O3/c22-15-7-14-8-19(29-20(14)17(23)9-15)21(27)26-25-11-16-5-6-18(28-16)13-3-1-12(10-24)2-4-13/h1-9,11H,(H,26,27)/b25-11-. The second kappa shape index (κ2) is 8.23. The van der Waals surface area contributed by atoms with E-state index in [0.29, 0.717) is 22.7 Å². The van der Waals surface area contributed by atoms with Crippen LogP contribution >= 0.6 is 38.5 Å². The van der Waals surface area contributed by atoms with E-state index in [1.54, 1.807) is 42.5 Å². The fraction of sp³-hybridized carbons (Fsp3) is 0. The number of benzene rings is 2. The first-order chi connectivity index (χ1) is 14.0. The van der Waals surface area contributed by atoms with Gasteiger partial charge in [-0.1, -0.05) is 15.9 Å². The second-order valence-corrected chi connectivity index (χ2v) is 8.08. The van der Waals surface area contributed by atoms with Crippen molar-refractivity contribution >= 4 is 61.6 Å². The van der Waals surface area contributed by atoms with E-state index in [1.165, 1.54) is 6.21 Å². The summed E-state index contributed by atoms with van der Waals surface area (Å²) in [7, 11) is 0. The Kier molecular flexibility index (Phi) is 5.51. The third-order valence-electron chi connectivity index (χ3n) is 4.04. The molecule has 142 valence electrons. The molecule has 0 saturated carbocycles. The number of carbonyl (C=O) groups is 1. The highest BCUT2D eigenvalue weighted by molar-refractivity contribution is 14.1. The highest BCUT2D eigenvalue weighted by Crippen LogP contribution is 2.28. The van der Waals surface area contributed by atoms with Crippen LogP contribution in [0.1, 0.15) is 21.9 Å². The number of hydrogen-bond acceptors (Lipinski definition) is 5. The van der Waals surface area contributed by atoms with Gasteiger partial charge in [0.2, 0.25) is 0 Å². The van der Waals surface area contributed by atoms with Crippen LogP contribution in [0.3, 0.4) is 0 Å². The number of amides is 1. The van der Waals surface area contributed by atoms with Gasteiger partial charge in [0.25, 0.3) is 0 Å². The first-order valence-corrected chi connectivity index (χ1v) is 10.2. The van der Waals surface area contributed by atoms with Crippen LogP contribution in [0, 0.1) is 14.9 Å². The highest BCUT2D eigenvalue weighted by atomic mass is 127. The summed E-state index contributed by atoms with van der Waals surface area (Å²) in [6, 6.07) is 18.1. The first-order valence-electron chi connectivity index (χ1n) is 8.36. The zero-order valence-electron chi connectivity index (χ0n) is 14.6. The smallest absolute Gasteiger partial charge is 0.307 e. The zero-order valence-corrected chi connectivity index (χ0v) is 18.4. The van der Waals surface area contributed by atoms with E-state index < -0.39 is 5.91 Å². The fourth-order valence-corrected chi connectivity index (χ4v) is 4.34. The first kappa shape index (κ1) is 19.4. The molecule has 0 bridgehead atoms. The van der Waals surface area contributed by atoms with Crippen molar-refractivity contribution in [3.05, 3.63) is 79.7 Å². The van der Waals surface area contributed by atoms with Gasteiger partial charge in [0.15, 0.2) is 5.76 Å². The Hall–Kier alpha value is -2.90. The SMILES string of the molecule is N#Cc1ccc(-c2ccc(/C=N\NC(=O)c3cc4cc(Br)cc(I)c4o3)o2)cc1. The van der Waals surface area contributed by atoms with Crippen LogP contribution in [-0.2, 0) is 0 Å². The molecule has 4 rings (SSSR count). The van der Waals surface area contributed by atoms with Crippen molar-refractivity contribution in [3.8, 4) is 17.4 Å². The van der Waals surface area contributed by atoms with Crippen molar-refractivity contribution in [2.24, 2.45) is 5.10 Å². The highest BCUT2D eigenvalue weighted by Gasteiger charge is 2.14. The molecule has 0 aliphatic carbocycles. The number of hydrazone groups is 1. The minimum atomic E-state index is -0.455. The van der Waals surface area contributed by atoms with Crippen LogP contribution < -0.4 is 5.43 Å². The number of nitriles is 1. The molecule has 4 aromatic rings. The molecule has 0 unspecified atom stereocenters. The Balaban J connectivity index is 1.45. The van der Waals surface area contributed by atoms with E-state index >= 15 is 0 Å². The lowest BCUT2D eigenvalue weighted by Gasteiger charge is -1.96. The maximum absolute atomic E-state index is 12.3. The number of carbonyl (C=O) groups excluding carboxylic acids is 1. The number of nitrogens with zero attached hydrogens (tertiary/aromatic N) is 2. The van der Waals surface area contributed by atoms with Crippen molar-refractivity contribution < 1.29 is 13.6 Å². The van der Waals surface area contributed by atoms with Gasteiger partial charge >= 0.3 is 5.91 Å². The number of hydrogen-bond donors (Lipinski definition) is 1. The summed E-state index contributed by atoms with van der Waals surface area (Å²) in [4.78, 5) is 12.3. The van der Waals surface area contributed by atoms with Gasteiger partial charge in [-0.15, -0.1) is 0 Å². The van der Waals surface area contributed by atoms with Crippen molar-refractivity contribution in [1.82, 2.24) is 5.43 Å². The molecular weight excluding hydrogens is 549 g/mol. The number of rotatable bonds is 4. The maximum Gasteiger partial charge on any atom is 0.307 e. The molecule has 0 radical (unpaired) electrons. The van der Waals surface area contributed by atoms with Gasteiger partial charge in [0.05, 0.1) is 21.4 Å². The molecule has 2 aromatic heterocycles. The lowest BCUT2D eigenvalue weighted by Crippen LogP contribution is -2.16. The molecular formula is C21H11BrIN3O3. The van der Waals surface area contributed by atoms with Crippen molar-refractivity contribution in [2.75, 3.05) is 0 Å². The van der Waals surface area contributed by atoms with Gasteiger partial charge in [-0.05, 0) is 77.2 Å². The van der Waals surface area contributed by atoms with E-state index in [9.17, 15) is 4.79 Å². The summed E-state index contributed by atoms with van der Waals surface area (Å²) in [6.45, 7) is 0. The monoisotopic (exact) mass is 559 g/mol. The summed E-state index contributed by atoms with van der Waals surface area (Å²) in [6.07, 6.45) is 1.41. The second-order valence-electron chi connectivity index (χ2n) is 6.01. The maximum atomic E-state index is 12.3. The van der Waals surface area contributed by atoms with Crippen molar-refractivity contribution in [3.63, 3.8) is 0 Å². The Morgan fingerprint density at radius 1 is 1.14 bits per heavy atom. The minimum Gasteiger partial charge on any atom is -0.455 e. The lowest BCUT2D eigenvalue weighted by atomic mass is 10.1. The van der Waals surface area contributed by atoms with Gasteiger partial charge in [-0.3, -0.25) is 4.79 Å². The predicted molar refractivity (Wildman–Crippen MR) is 121 cm³/mol. The van der Waals surface area contributed by atoms with E-state index in [4.69, 9.17) is 14.1 Å². The molecule has 1 amide bonds. The normalized spacial score (nSPS) is 11.1. The molecule has 1 N–H and O–H groups in total. The average molecular weight is 560 g/mol. The molecule has 2 aromatic carbocycles. The zero-order chi connectivity index (χ0) is 20.4. The molecule has 8 heteroatoms. The van der Waals surface area contributed by atoms with Gasteiger partial charge in [-0.2, -0.15) is 10.4 Å². The summed E-state index contributed by atoms with van der Waals surface area (Å²) in [5.41, 5.74) is 4.51. The summed E-state index contributed by atoms with van der Waals surface area (Å²) in [5, 5.41) is 13.6. The van der Waals surface area contributed by atoms with Crippen LogP contribution in [0.2, 0.25) is 0 Å². The molecule has 0 fully saturated rings. The average Bonchev–Trinajstić information content (AvgIpc) is 3.35. The lowest BCUT2D eigenvalue weighted by molar-refractivity contribution is 0.0929. The van der Waals surface area contributed by atoms with Gasteiger partial charge in [0.1, 0.15) is 17.1 Å². The predicted octanol–water partition coefficient (Wildman–Crippen LogP) is 5.70. The van der Waals surface area contributed by atoms with Crippen molar-refractivity contribution in [2.45, 2.75) is 0 Å². The third-order valence-corrected chi connectivity index (χ3v) is 5.30. The Bertz CT molecular complexity index is 1280. The molecule has 29 heavy (non-hydrogen) atoms. The Morgan fingerprint density at radius 2 is 1.93 bits per heavy atom. The Labute approximate surface area is 187 Å². The van der Waals surface area contributed by atoms with Crippen LogP contribution in [0.4, 0.5) is 0 Å². The number of fused-ring (bicyclic) bond motifs is 1. The van der Waals surface area contributed by atoms with Crippen LogP contribution in [0.25, 0.3) is 22.3 Å². The van der Waals surface area contributed by atoms with Gasteiger partial charge in [0, 0.05) is 15.4 Å². The largest absolute Gasteiger partial charge is 0.455 e. The molecule has 0 saturated heterocycles. The number of nitrogens with one attached hydrogen (secondary N) is 1. The summed E-state index contributed by atoms with van der Waals surface area (Å²) in [5.74, 6) is 0.835. The van der Waals surface area contributed by atoms with Crippen LogP contribution in [0.5, 0.6) is 0 Å². The van der Waals surface area contributed by atoms with Crippen LogP contribution in [0.15, 0.2) is 73.0 Å². The summed E-state index contributed by atoms with van der Waals surface area (Å²) >= 11 is 5.58. The van der Waals surface area contributed by atoms with E-state index in [-0.39, 0.29) is 5.76 Å². The topological polar surface area (TPSA) is 91.5 Å². The van der Waals surface area contributed by atoms with E-state index in [0.717, 1.165) is 19.0 Å². The number of halogens is 2. The van der Waals surface area contributed by atoms with Gasteiger partial charge in [-0.25, -0.2) is 5.43 Å². The molecule has 6 nitrogen and oxygen atoms in total. The molecule has 0 aliphatic heterocycles. The third kappa shape index (κ3) is 4.26. The number of furan rings is 2. The molecule has 0 spiro atoms. The van der Waals surface area contributed by atoms with Crippen molar-refractivity contribution in [1.29, 1.82) is 5.26 Å². The fourth-order valence-electron chi connectivity index (χ4n) is 2.68. The van der Waals surface area contributed by atoms with Gasteiger partial charge < -0.3 is 8.83 Å². The summed E-state index contributed by atoms with van der Waals surface area (Å²) < 4.78 is 13.1. The molecule has 0 aliphatic rings. The Morgan fingerprint density at radius 3 is 2.69 bits per heavy atom.